The highest BCUT2D eigenvalue weighted by Crippen LogP contribution is 2.33. The lowest BCUT2D eigenvalue weighted by Gasteiger charge is -2.33. The van der Waals surface area contributed by atoms with E-state index in [-0.39, 0.29) is 5.56 Å². The topological polar surface area (TPSA) is 48.6 Å². The molecule has 1 saturated heterocycles. The smallest absolute Gasteiger partial charge is 0.266 e. The van der Waals surface area contributed by atoms with E-state index in [4.69, 9.17) is 4.74 Å². The standard InChI is InChI=1S/C22H29N3O2S/c1-24(2)14-15-6-10-25(11-7-15)12-8-16-19(27-3)5-4-18-20(16)17-9-13-28-21(17)22(26)23-18/h4-5,9,13,15H,6-8,10-12,14H2,1-3H3,(H,23,26). The lowest BCUT2D eigenvalue weighted by atomic mass is 9.95. The number of piperidine rings is 1. The zero-order valence-electron chi connectivity index (χ0n) is 17.0. The van der Waals surface area contributed by atoms with Crippen LogP contribution in [0.25, 0.3) is 21.0 Å². The number of thiophene rings is 1. The zero-order valence-corrected chi connectivity index (χ0v) is 17.8. The van der Waals surface area contributed by atoms with Gasteiger partial charge < -0.3 is 19.5 Å². The molecule has 1 aliphatic rings. The summed E-state index contributed by atoms with van der Waals surface area (Å²) in [7, 11) is 6.05. The molecule has 1 aromatic carbocycles. The van der Waals surface area contributed by atoms with E-state index in [9.17, 15) is 4.79 Å². The summed E-state index contributed by atoms with van der Waals surface area (Å²) < 4.78 is 6.49. The van der Waals surface area contributed by atoms with Crippen LogP contribution in [-0.4, -0.2) is 62.2 Å². The van der Waals surface area contributed by atoms with Crippen molar-refractivity contribution in [2.45, 2.75) is 19.3 Å². The van der Waals surface area contributed by atoms with E-state index in [0.29, 0.717) is 0 Å². The predicted octanol–water partition coefficient (Wildman–Crippen LogP) is 3.57. The number of aromatic nitrogens is 1. The Labute approximate surface area is 169 Å². The number of fused-ring (bicyclic) bond motifs is 3. The van der Waals surface area contributed by atoms with Crippen molar-refractivity contribution in [3.8, 4) is 5.75 Å². The first kappa shape index (κ1) is 19.4. The normalized spacial score (nSPS) is 16.4. The van der Waals surface area contributed by atoms with Crippen molar-refractivity contribution in [1.82, 2.24) is 14.8 Å². The van der Waals surface area contributed by atoms with Gasteiger partial charge in [-0.15, -0.1) is 11.3 Å². The number of methoxy groups -OCH3 is 1. The first-order valence-electron chi connectivity index (χ1n) is 10.0. The molecule has 28 heavy (non-hydrogen) atoms. The van der Waals surface area contributed by atoms with Gasteiger partial charge >= 0.3 is 0 Å². The fourth-order valence-corrected chi connectivity index (χ4v) is 5.32. The van der Waals surface area contributed by atoms with Crippen LogP contribution in [0.15, 0.2) is 28.4 Å². The van der Waals surface area contributed by atoms with Crippen LogP contribution < -0.4 is 10.3 Å². The SMILES string of the molecule is COc1ccc2[nH]c(=O)c3sccc3c2c1CCN1CCC(CN(C)C)CC1. The Morgan fingerprint density at radius 1 is 1.25 bits per heavy atom. The number of ether oxygens (including phenoxy) is 1. The summed E-state index contributed by atoms with van der Waals surface area (Å²) in [5, 5.41) is 4.18. The highest BCUT2D eigenvalue weighted by molar-refractivity contribution is 7.17. The van der Waals surface area contributed by atoms with Gasteiger partial charge in [0.1, 0.15) is 10.4 Å². The van der Waals surface area contributed by atoms with Crippen LogP contribution in [0.1, 0.15) is 18.4 Å². The zero-order chi connectivity index (χ0) is 19.7. The third kappa shape index (κ3) is 3.81. The quantitative estimate of drug-likeness (QED) is 0.688. The maximum atomic E-state index is 12.3. The first-order chi connectivity index (χ1) is 13.6. The number of nitrogens with zero attached hydrogens (tertiary/aromatic N) is 2. The fourth-order valence-electron chi connectivity index (χ4n) is 4.52. The molecule has 4 rings (SSSR count). The molecule has 6 heteroatoms. The molecule has 0 atom stereocenters. The minimum atomic E-state index is -0.00317. The van der Waals surface area contributed by atoms with Crippen LogP contribution in [0.4, 0.5) is 0 Å². The van der Waals surface area contributed by atoms with Crippen molar-refractivity contribution in [1.29, 1.82) is 0 Å². The predicted molar refractivity (Wildman–Crippen MR) is 118 cm³/mol. The molecule has 3 aromatic rings. The minimum Gasteiger partial charge on any atom is -0.496 e. The Morgan fingerprint density at radius 3 is 2.75 bits per heavy atom. The van der Waals surface area contributed by atoms with E-state index in [0.717, 1.165) is 58.7 Å². The van der Waals surface area contributed by atoms with Gasteiger partial charge in [-0.2, -0.15) is 0 Å². The second-order valence-corrected chi connectivity index (χ2v) is 9.00. The Balaban J connectivity index is 1.58. The monoisotopic (exact) mass is 399 g/mol. The maximum Gasteiger partial charge on any atom is 0.266 e. The second-order valence-electron chi connectivity index (χ2n) is 8.08. The molecule has 1 fully saturated rings. The Morgan fingerprint density at radius 2 is 2.04 bits per heavy atom. The molecule has 1 N–H and O–H groups in total. The minimum absolute atomic E-state index is 0.00317. The molecule has 0 bridgehead atoms. The highest BCUT2D eigenvalue weighted by atomic mass is 32.1. The molecule has 2 aromatic heterocycles. The molecule has 0 saturated carbocycles. The number of benzene rings is 1. The summed E-state index contributed by atoms with van der Waals surface area (Å²) in [6.07, 6.45) is 3.47. The van der Waals surface area contributed by atoms with Crippen molar-refractivity contribution >= 4 is 32.3 Å². The van der Waals surface area contributed by atoms with E-state index in [1.165, 1.54) is 36.3 Å². The van der Waals surface area contributed by atoms with Crippen LogP contribution in [0.5, 0.6) is 5.75 Å². The Bertz CT molecular complexity index is 1020. The highest BCUT2D eigenvalue weighted by Gasteiger charge is 2.21. The number of hydrogen-bond acceptors (Lipinski definition) is 5. The van der Waals surface area contributed by atoms with E-state index in [1.54, 1.807) is 7.11 Å². The third-order valence-corrected chi connectivity index (χ3v) is 6.80. The largest absolute Gasteiger partial charge is 0.496 e. The van der Waals surface area contributed by atoms with E-state index < -0.39 is 0 Å². The lowest BCUT2D eigenvalue weighted by molar-refractivity contribution is 0.164. The molecular formula is C22H29N3O2S. The molecule has 3 heterocycles. The molecular weight excluding hydrogens is 370 g/mol. The molecule has 0 radical (unpaired) electrons. The number of aromatic amines is 1. The summed E-state index contributed by atoms with van der Waals surface area (Å²) in [5.74, 6) is 1.73. The van der Waals surface area contributed by atoms with E-state index >= 15 is 0 Å². The van der Waals surface area contributed by atoms with E-state index in [1.807, 2.05) is 17.5 Å². The van der Waals surface area contributed by atoms with Crippen molar-refractivity contribution < 1.29 is 4.74 Å². The number of H-pyrrole nitrogens is 1. The third-order valence-electron chi connectivity index (χ3n) is 5.89. The van der Waals surface area contributed by atoms with Gasteiger partial charge in [-0.1, -0.05) is 0 Å². The Kier molecular flexibility index (Phi) is 5.71. The van der Waals surface area contributed by atoms with E-state index in [2.05, 4.69) is 34.9 Å². The number of pyridine rings is 1. The molecule has 150 valence electrons. The van der Waals surface area contributed by atoms with Gasteiger partial charge in [0.15, 0.2) is 0 Å². The first-order valence-corrected chi connectivity index (χ1v) is 10.9. The van der Waals surface area contributed by atoms with Crippen molar-refractivity contribution in [3.05, 3.63) is 39.5 Å². The average molecular weight is 400 g/mol. The summed E-state index contributed by atoms with van der Waals surface area (Å²) in [6, 6.07) is 6.01. The molecule has 0 aliphatic carbocycles. The lowest BCUT2D eigenvalue weighted by Crippen LogP contribution is -2.38. The van der Waals surface area contributed by atoms with Crippen LogP contribution in [0, 0.1) is 5.92 Å². The molecule has 0 spiro atoms. The summed E-state index contributed by atoms with van der Waals surface area (Å²) in [6.45, 7) is 4.54. The number of nitrogens with one attached hydrogen (secondary N) is 1. The molecule has 0 unspecified atom stereocenters. The number of rotatable bonds is 6. The van der Waals surface area contributed by atoms with Crippen LogP contribution in [-0.2, 0) is 6.42 Å². The second kappa shape index (κ2) is 8.23. The molecule has 5 nitrogen and oxygen atoms in total. The van der Waals surface area contributed by atoms with Crippen LogP contribution in [0.3, 0.4) is 0 Å². The molecule has 0 amide bonds. The van der Waals surface area contributed by atoms with Gasteiger partial charge in [-0.3, -0.25) is 4.79 Å². The maximum absolute atomic E-state index is 12.3. The van der Waals surface area contributed by atoms with Gasteiger partial charge in [0.05, 0.1) is 7.11 Å². The summed E-state index contributed by atoms with van der Waals surface area (Å²) >= 11 is 1.50. The fraction of sp³-hybridized carbons (Fsp3) is 0.500. The van der Waals surface area contributed by atoms with Gasteiger partial charge in [-0.05, 0) is 75.9 Å². The van der Waals surface area contributed by atoms with Crippen LogP contribution in [0.2, 0.25) is 0 Å². The summed E-state index contributed by atoms with van der Waals surface area (Å²) in [5.41, 5.74) is 2.10. The average Bonchev–Trinajstić information content (AvgIpc) is 3.17. The molecule has 1 aliphatic heterocycles. The van der Waals surface area contributed by atoms with Crippen molar-refractivity contribution in [2.24, 2.45) is 5.92 Å². The van der Waals surface area contributed by atoms with Gasteiger partial charge in [0.25, 0.3) is 5.56 Å². The van der Waals surface area contributed by atoms with Crippen molar-refractivity contribution in [3.63, 3.8) is 0 Å². The van der Waals surface area contributed by atoms with Gasteiger partial charge in [-0.25, -0.2) is 0 Å². The van der Waals surface area contributed by atoms with Gasteiger partial charge in [0.2, 0.25) is 0 Å². The van der Waals surface area contributed by atoms with Crippen molar-refractivity contribution in [2.75, 3.05) is 47.4 Å². The van der Waals surface area contributed by atoms with Crippen LogP contribution >= 0.6 is 11.3 Å². The number of likely N-dealkylation sites (tertiary alicyclic amines) is 1. The van der Waals surface area contributed by atoms with Gasteiger partial charge in [0, 0.05) is 34.9 Å². The number of hydrogen-bond donors (Lipinski definition) is 1. The summed E-state index contributed by atoms with van der Waals surface area (Å²) in [4.78, 5) is 20.3. The Hall–Kier alpha value is -1.89.